The van der Waals surface area contributed by atoms with E-state index in [1.165, 1.54) is 0 Å². The fraction of sp³-hybridized carbons (Fsp3) is 0.391. The number of ether oxygens (including phenoxy) is 1. The van der Waals surface area contributed by atoms with Gasteiger partial charge < -0.3 is 19.4 Å². The van der Waals surface area contributed by atoms with E-state index in [4.69, 9.17) is 4.74 Å². The van der Waals surface area contributed by atoms with Crippen molar-refractivity contribution in [3.63, 3.8) is 0 Å². The number of nitrogens with zero attached hydrogens (tertiary/aromatic N) is 3. The fourth-order valence-electron chi connectivity index (χ4n) is 3.99. The lowest BCUT2D eigenvalue weighted by Gasteiger charge is -2.33. The summed E-state index contributed by atoms with van der Waals surface area (Å²) in [6, 6.07) is 17.9. The molecule has 1 fully saturated rings. The first-order valence-corrected chi connectivity index (χ1v) is 10.2. The molecular weight excluding hydrogens is 366 g/mol. The van der Waals surface area contributed by atoms with E-state index >= 15 is 0 Å². The molecule has 0 spiro atoms. The van der Waals surface area contributed by atoms with Crippen LogP contribution in [-0.2, 0) is 20.9 Å². The second-order valence-corrected chi connectivity index (χ2v) is 7.65. The molecule has 2 aliphatic rings. The molecule has 0 bridgehead atoms. The number of para-hydroxylation sites is 2. The quantitative estimate of drug-likeness (QED) is 0.802. The monoisotopic (exact) mass is 393 g/mol. The number of hydrogen-bond acceptors (Lipinski definition) is 4. The van der Waals surface area contributed by atoms with Crippen molar-refractivity contribution >= 4 is 23.2 Å². The summed E-state index contributed by atoms with van der Waals surface area (Å²) in [5, 5.41) is 0. The highest BCUT2D eigenvalue weighted by Crippen LogP contribution is 2.33. The lowest BCUT2D eigenvalue weighted by atomic mass is 10.1. The van der Waals surface area contributed by atoms with Crippen molar-refractivity contribution in [2.24, 2.45) is 0 Å². The third kappa shape index (κ3) is 4.43. The van der Waals surface area contributed by atoms with Crippen LogP contribution in [0.15, 0.2) is 54.6 Å². The van der Waals surface area contributed by atoms with Crippen molar-refractivity contribution in [1.82, 2.24) is 4.90 Å². The maximum atomic E-state index is 12.9. The molecule has 0 N–H and O–H groups in total. The Bertz CT molecular complexity index is 871. The van der Waals surface area contributed by atoms with Gasteiger partial charge in [-0.25, -0.2) is 0 Å². The Labute approximate surface area is 171 Å². The Morgan fingerprint density at radius 2 is 1.76 bits per heavy atom. The molecule has 0 aliphatic carbocycles. The third-order valence-corrected chi connectivity index (χ3v) is 5.51. The van der Waals surface area contributed by atoms with Crippen LogP contribution in [0, 0.1) is 0 Å². The molecule has 1 atom stereocenters. The molecule has 4 rings (SSSR count). The van der Waals surface area contributed by atoms with Gasteiger partial charge in [-0.15, -0.1) is 0 Å². The van der Waals surface area contributed by atoms with E-state index in [2.05, 4.69) is 0 Å². The number of fused-ring (bicyclic) bond motifs is 1. The summed E-state index contributed by atoms with van der Waals surface area (Å²) in [5.41, 5.74) is 2.88. The SMILES string of the molecule is CC1CN(C(=O)CN2CCC(=O)N(Cc3ccccc3)c3ccccc32)CCO1. The summed E-state index contributed by atoms with van der Waals surface area (Å²) < 4.78 is 5.55. The Morgan fingerprint density at radius 1 is 1.03 bits per heavy atom. The van der Waals surface area contributed by atoms with Gasteiger partial charge in [0, 0.05) is 26.1 Å². The lowest BCUT2D eigenvalue weighted by molar-refractivity contribution is -0.136. The van der Waals surface area contributed by atoms with Crippen molar-refractivity contribution in [3.8, 4) is 0 Å². The molecule has 2 aromatic rings. The summed E-state index contributed by atoms with van der Waals surface area (Å²) >= 11 is 0. The molecule has 2 aromatic carbocycles. The number of hydrogen-bond donors (Lipinski definition) is 0. The van der Waals surface area contributed by atoms with E-state index in [0.717, 1.165) is 16.9 Å². The van der Waals surface area contributed by atoms with Gasteiger partial charge in [-0.2, -0.15) is 0 Å². The molecule has 2 heterocycles. The van der Waals surface area contributed by atoms with Crippen LogP contribution in [0.3, 0.4) is 0 Å². The molecule has 0 aromatic heterocycles. The van der Waals surface area contributed by atoms with Crippen LogP contribution in [-0.4, -0.2) is 55.6 Å². The highest BCUT2D eigenvalue weighted by Gasteiger charge is 2.29. The minimum atomic E-state index is 0.0621. The molecule has 6 nitrogen and oxygen atoms in total. The number of carbonyl (C=O) groups is 2. The fourth-order valence-corrected chi connectivity index (χ4v) is 3.99. The van der Waals surface area contributed by atoms with Gasteiger partial charge >= 0.3 is 0 Å². The van der Waals surface area contributed by atoms with E-state index in [1.54, 1.807) is 0 Å². The normalized spacial score (nSPS) is 19.7. The van der Waals surface area contributed by atoms with Gasteiger partial charge in [0.05, 0.1) is 37.2 Å². The number of rotatable bonds is 4. The predicted octanol–water partition coefficient (Wildman–Crippen LogP) is 2.68. The first-order chi connectivity index (χ1) is 14.1. The summed E-state index contributed by atoms with van der Waals surface area (Å²) in [6.45, 7) is 5.14. The first-order valence-electron chi connectivity index (χ1n) is 10.2. The van der Waals surface area contributed by atoms with Crippen molar-refractivity contribution in [1.29, 1.82) is 0 Å². The zero-order chi connectivity index (χ0) is 20.2. The molecule has 0 saturated carbocycles. The molecule has 0 radical (unpaired) electrons. The van der Waals surface area contributed by atoms with E-state index in [0.29, 0.717) is 39.2 Å². The van der Waals surface area contributed by atoms with Gasteiger partial charge in [0.25, 0.3) is 0 Å². The Morgan fingerprint density at radius 3 is 2.52 bits per heavy atom. The average molecular weight is 393 g/mol. The first kappa shape index (κ1) is 19.5. The van der Waals surface area contributed by atoms with Crippen LogP contribution in [0.4, 0.5) is 11.4 Å². The zero-order valence-electron chi connectivity index (χ0n) is 16.8. The van der Waals surface area contributed by atoms with E-state index in [9.17, 15) is 9.59 Å². The molecule has 29 heavy (non-hydrogen) atoms. The van der Waals surface area contributed by atoms with Gasteiger partial charge in [0.2, 0.25) is 11.8 Å². The minimum Gasteiger partial charge on any atom is -0.375 e. The van der Waals surface area contributed by atoms with Gasteiger partial charge in [-0.3, -0.25) is 9.59 Å². The molecular formula is C23H27N3O3. The third-order valence-electron chi connectivity index (χ3n) is 5.51. The average Bonchev–Trinajstić information content (AvgIpc) is 2.87. The number of morpholine rings is 1. The van der Waals surface area contributed by atoms with E-state index in [1.807, 2.05) is 76.2 Å². The summed E-state index contributed by atoms with van der Waals surface area (Å²) in [6.07, 6.45) is 0.445. The maximum absolute atomic E-state index is 12.9. The summed E-state index contributed by atoms with van der Waals surface area (Å²) in [7, 11) is 0. The highest BCUT2D eigenvalue weighted by molar-refractivity contribution is 5.99. The standard InChI is InChI=1S/C23H27N3O3/c1-18-15-25(13-14-29-18)23(28)17-24-12-11-22(27)26(16-19-7-3-2-4-8-19)21-10-6-5-9-20(21)24/h2-10,18H,11-17H2,1H3. The molecule has 2 amide bonds. The molecule has 1 saturated heterocycles. The predicted molar refractivity (Wildman–Crippen MR) is 113 cm³/mol. The second-order valence-electron chi connectivity index (χ2n) is 7.65. The topological polar surface area (TPSA) is 53.1 Å². The van der Waals surface area contributed by atoms with Gasteiger partial charge in [0.1, 0.15) is 0 Å². The van der Waals surface area contributed by atoms with Crippen LogP contribution >= 0.6 is 0 Å². The van der Waals surface area contributed by atoms with Crippen molar-refractivity contribution < 1.29 is 14.3 Å². The van der Waals surface area contributed by atoms with Crippen LogP contribution in [0.2, 0.25) is 0 Å². The van der Waals surface area contributed by atoms with Crippen LogP contribution < -0.4 is 9.80 Å². The number of benzene rings is 2. The second kappa shape index (κ2) is 8.66. The summed E-state index contributed by atoms with van der Waals surface area (Å²) in [4.78, 5) is 31.6. The van der Waals surface area contributed by atoms with Crippen LogP contribution in [0.1, 0.15) is 18.9 Å². The highest BCUT2D eigenvalue weighted by atomic mass is 16.5. The largest absolute Gasteiger partial charge is 0.375 e. The summed E-state index contributed by atoms with van der Waals surface area (Å²) in [5.74, 6) is 0.162. The number of amides is 2. The Balaban J connectivity index is 1.57. The number of carbonyl (C=O) groups excluding carboxylic acids is 2. The van der Waals surface area contributed by atoms with Crippen LogP contribution in [0.25, 0.3) is 0 Å². The van der Waals surface area contributed by atoms with E-state index < -0.39 is 0 Å². The van der Waals surface area contributed by atoms with Crippen molar-refractivity contribution in [2.75, 3.05) is 42.6 Å². The lowest BCUT2D eigenvalue weighted by Crippen LogP contribution is -2.48. The van der Waals surface area contributed by atoms with Gasteiger partial charge in [0.15, 0.2) is 0 Å². The van der Waals surface area contributed by atoms with Crippen molar-refractivity contribution in [2.45, 2.75) is 26.0 Å². The van der Waals surface area contributed by atoms with Gasteiger partial charge in [-0.1, -0.05) is 42.5 Å². The van der Waals surface area contributed by atoms with Crippen molar-refractivity contribution in [3.05, 3.63) is 60.2 Å². The molecule has 6 heteroatoms. The van der Waals surface area contributed by atoms with Gasteiger partial charge in [-0.05, 0) is 24.6 Å². The number of anilines is 2. The smallest absolute Gasteiger partial charge is 0.242 e. The molecule has 152 valence electrons. The zero-order valence-corrected chi connectivity index (χ0v) is 16.8. The molecule has 2 aliphatic heterocycles. The Hall–Kier alpha value is -2.86. The maximum Gasteiger partial charge on any atom is 0.242 e. The Kier molecular flexibility index (Phi) is 5.81. The minimum absolute atomic E-state index is 0.0621. The van der Waals surface area contributed by atoms with E-state index in [-0.39, 0.29) is 24.5 Å². The van der Waals surface area contributed by atoms with Crippen LogP contribution in [0.5, 0.6) is 0 Å². The molecule has 1 unspecified atom stereocenters.